The van der Waals surface area contributed by atoms with Crippen LogP contribution < -0.4 is 19.5 Å². The average molecular weight is 463 g/mol. The lowest BCUT2D eigenvalue weighted by Gasteiger charge is -2.34. The second-order valence-corrected chi connectivity index (χ2v) is 8.24. The third kappa shape index (κ3) is 3.34. The first-order chi connectivity index (χ1) is 16.4. The molecule has 1 heterocycles. The molecule has 0 fully saturated rings. The molecule has 3 atom stereocenters. The summed E-state index contributed by atoms with van der Waals surface area (Å²) < 4.78 is 30.4. The first kappa shape index (κ1) is 21.8. The number of para-hydroxylation sites is 1. The number of Topliss-reactive ketones (excluding diaryl/α,β-unsaturated/α-hetero) is 1. The Balaban J connectivity index is 1.64. The van der Waals surface area contributed by atoms with Crippen LogP contribution in [0.2, 0.25) is 0 Å². The third-order valence-corrected chi connectivity index (χ3v) is 6.43. The molecule has 5 rings (SSSR count). The Labute approximate surface area is 195 Å². The first-order valence-electron chi connectivity index (χ1n) is 10.7. The van der Waals surface area contributed by atoms with E-state index >= 15 is 0 Å². The largest absolute Gasteiger partial charge is 0.493 e. The number of carboxylic acid groups (broad SMARTS) is 1. The maximum absolute atomic E-state index is 13.8. The number of halogens is 1. The van der Waals surface area contributed by atoms with Gasteiger partial charge in [-0.1, -0.05) is 30.3 Å². The molecule has 0 radical (unpaired) electrons. The number of carboxylic acids is 1. The van der Waals surface area contributed by atoms with Gasteiger partial charge in [0.1, 0.15) is 12.4 Å². The van der Waals surface area contributed by atoms with Crippen LogP contribution in [-0.2, 0) is 11.4 Å². The van der Waals surface area contributed by atoms with Crippen LogP contribution in [0.5, 0.6) is 17.2 Å². The number of benzene rings is 3. The summed E-state index contributed by atoms with van der Waals surface area (Å²) in [5.41, 5.74) is 2.77. The van der Waals surface area contributed by atoms with Crippen molar-refractivity contribution in [3.05, 3.63) is 82.7 Å². The zero-order chi connectivity index (χ0) is 24.0. The molecule has 2 N–H and O–H groups in total. The van der Waals surface area contributed by atoms with E-state index in [9.17, 15) is 19.1 Å². The van der Waals surface area contributed by atoms with Gasteiger partial charge in [-0.25, -0.2) is 4.39 Å². The molecule has 0 saturated carbocycles. The monoisotopic (exact) mass is 463 g/mol. The molecule has 3 aromatic rings. The molecule has 0 saturated heterocycles. The van der Waals surface area contributed by atoms with Crippen molar-refractivity contribution >= 4 is 17.4 Å². The number of ether oxygens (including phenoxy) is 3. The minimum Gasteiger partial charge on any atom is -0.493 e. The van der Waals surface area contributed by atoms with Gasteiger partial charge in [0, 0.05) is 5.69 Å². The van der Waals surface area contributed by atoms with E-state index in [2.05, 4.69) is 5.32 Å². The van der Waals surface area contributed by atoms with Crippen LogP contribution in [0.15, 0.2) is 54.6 Å². The topological polar surface area (TPSA) is 94.1 Å². The summed E-state index contributed by atoms with van der Waals surface area (Å²) in [5, 5.41) is 13.4. The average Bonchev–Trinajstić information content (AvgIpc) is 3.12. The number of carbonyl (C=O) groups excluding carboxylic acids is 1. The number of rotatable bonds is 6. The first-order valence-corrected chi connectivity index (χ1v) is 10.7. The highest BCUT2D eigenvalue weighted by molar-refractivity contribution is 6.10. The van der Waals surface area contributed by atoms with Crippen molar-refractivity contribution in [3.8, 4) is 17.2 Å². The number of aliphatic carboxylic acids is 1. The number of anilines is 1. The Bertz CT molecular complexity index is 1290. The third-order valence-electron chi connectivity index (χ3n) is 6.43. The minimum absolute atomic E-state index is 0.0505. The van der Waals surface area contributed by atoms with E-state index in [0.29, 0.717) is 28.1 Å². The summed E-state index contributed by atoms with van der Waals surface area (Å²) in [7, 11) is 2.92. The summed E-state index contributed by atoms with van der Waals surface area (Å²) in [4.78, 5) is 26.1. The predicted molar refractivity (Wildman–Crippen MR) is 121 cm³/mol. The molecule has 0 unspecified atom stereocenters. The van der Waals surface area contributed by atoms with Gasteiger partial charge in [0.25, 0.3) is 0 Å². The Morgan fingerprint density at radius 2 is 1.76 bits per heavy atom. The van der Waals surface area contributed by atoms with Crippen molar-refractivity contribution in [2.24, 2.45) is 5.92 Å². The summed E-state index contributed by atoms with van der Waals surface area (Å²) >= 11 is 0. The molecule has 3 aromatic carbocycles. The van der Waals surface area contributed by atoms with E-state index in [0.717, 1.165) is 0 Å². The van der Waals surface area contributed by atoms with E-state index in [4.69, 9.17) is 14.2 Å². The van der Waals surface area contributed by atoms with E-state index < -0.39 is 23.8 Å². The van der Waals surface area contributed by atoms with E-state index in [1.807, 2.05) is 6.07 Å². The Morgan fingerprint density at radius 3 is 2.44 bits per heavy atom. The van der Waals surface area contributed by atoms with Gasteiger partial charge in [0.2, 0.25) is 5.75 Å². The standard InChI is InChI=1S/C26H22FNO6/c1-32-18-11-16-20(25(24(18)33-2)34-12-13-7-9-14(27)10-8-13)23(29)21-19(26(30)31)15-5-3-4-6-17(15)28-22(16)21/h3-11,19,21-22,28H,12H2,1-2H3,(H,30,31)/t19-,21-,22-/m0/s1. The summed E-state index contributed by atoms with van der Waals surface area (Å²) in [5.74, 6) is -2.90. The van der Waals surface area contributed by atoms with Gasteiger partial charge in [-0.2, -0.15) is 0 Å². The summed E-state index contributed by atoms with van der Waals surface area (Å²) in [6.45, 7) is 0.0505. The molecule has 7 nitrogen and oxygen atoms in total. The summed E-state index contributed by atoms with van der Waals surface area (Å²) in [6, 6.07) is 14.0. The van der Waals surface area contributed by atoms with E-state index in [1.54, 1.807) is 36.4 Å². The van der Waals surface area contributed by atoms with Crippen molar-refractivity contribution in [1.82, 2.24) is 0 Å². The normalized spacial score (nSPS) is 20.0. The molecule has 2 aliphatic rings. The second-order valence-electron chi connectivity index (χ2n) is 8.24. The lowest BCUT2D eigenvalue weighted by Crippen LogP contribution is -2.35. The van der Waals surface area contributed by atoms with Crippen LogP contribution >= 0.6 is 0 Å². The molecule has 1 aliphatic carbocycles. The van der Waals surface area contributed by atoms with Crippen molar-refractivity contribution in [2.45, 2.75) is 18.6 Å². The van der Waals surface area contributed by atoms with Crippen LogP contribution in [-0.4, -0.2) is 31.1 Å². The minimum atomic E-state index is -1.07. The number of nitrogens with one attached hydrogen (secondary N) is 1. The number of methoxy groups -OCH3 is 2. The zero-order valence-electron chi connectivity index (χ0n) is 18.5. The van der Waals surface area contributed by atoms with Gasteiger partial charge in [0.05, 0.1) is 37.7 Å². The van der Waals surface area contributed by atoms with Crippen LogP contribution in [0.4, 0.5) is 10.1 Å². The molecule has 1 aliphatic heterocycles. The number of fused-ring (bicyclic) bond motifs is 4. The molecule has 0 spiro atoms. The molecule has 8 heteroatoms. The van der Waals surface area contributed by atoms with Crippen LogP contribution in [0.1, 0.15) is 39.0 Å². The lowest BCUT2D eigenvalue weighted by molar-refractivity contribution is -0.140. The number of ketones is 1. The number of hydrogen-bond acceptors (Lipinski definition) is 6. The molecule has 0 bridgehead atoms. The molecule has 0 amide bonds. The fraction of sp³-hybridized carbons (Fsp3) is 0.231. The highest BCUT2D eigenvalue weighted by atomic mass is 19.1. The van der Waals surface area contributed by atoms with Crippen LogP contribution in [0.3, 0.4) is 0 Å². The van der Waals surface area contributed by atoms with Crippen molar-refractivity contribution in [2.75, 3.05) is 19.5 Å². The van der Waals surface area contributed by atoms with Crippen LogP contribution in [0, 0.1) is 11.7 Å². The Morgan fingerprint density at radius 1 is 1.03 bits per heavy atom. The van der Waals surface area contributed by atoms with Gasteiger partial charge < -0.3 is 24.6 Å². The Hall–Kier alpha value is -4.07. The number of carbonyl (C=O) groups is 2. The van der Waals surface area contributed by atoms with Gasteiger partial charge in [0.15, 0.2) is 17.3 Å². The van der Waals surface area contributed by atoms with Gasteiger partial charge in [-0.05, 0) is 41.0 Å². The highest BCUT2D eigenvalue weighted by Crippen LogP contribution is 2.56. The highest BCUT2D eigenvalue weighted by Gasteiger charge is 2.53. The van der Waals surface area contributed by atoms with Gasteiger partial charge >= 0.3 is 5.97 Å². The SMILES string of the molecule is COc1cc2c(c(OCc3ccc(F)cc3)c1OC)C(=O)[C@@H]1[C@H]2Nc2ccccc2[C@@H]1C(=O)O. The van der Waals surface area contributed by atoms with Gasteiger partial charge in [-0.15, -0.1) is 0 Å². The van der Waals surface area contributed by atoms with Crippen LogP contribution in [0.25, 0.3) is 0 Å². The Kier molecular flexibility index (Phi) is 5.36. The lowest BCUT2D eigenvalue weighted by atomic mass is 9.77. The zero-order valence-corrected chi connectivity index (χ0v) is 18.5. The quantitative estimate of drug-likeness (QED) is 0.553. The maximum Gasteiger partial charge on any atom is 0.311 e. The van der Waals surface area contributed by atoms with E-state index in [-0.39, 0.29) is 35.3 Å². The number of hydrogen-bond donors (Lipinski definition) is 2. The molecule has 0 aromatic heterocycles. The smallest absolute Gasteiger partial charge is 0.311 e. The van der Waals surface area contributed by atoms with E-state index in [1.165, 1.54) is 26.4 Å². The van der Waals surface area contributed by atoms with Crippen molar-refractivity contribution in [3.63, 3.8) is 0 Å². The van der Waals surface area contributed by atoms with Gasteiger partial charge in [-0.3, -0.25) is 9.59 Å². The molecule has 174 valence electrons. The van der Waals surface area contributed by atoms with Crippen molar-refractivity contribution < 1.29 is 33.3 Å². The summed E-state index contributed by atoms with van der Waals surface area (Å²) in [6.07, 6.45) is 0. The molecule has 34 heavy (non-hydrogen) atoms. The van der Waals surface area contributed by atoms with Crippen molar-refractivity contribution in [1.29, 1.82) is 0 Å². The molecular formula is C26H22FNO6. The second kappa shape index (κ2) is 8.37. The maximum atomic E-state index is 13.8. The fourth-order valence-electron chi connectivity index (χ4n) is 4.92. The molecular weight excluding hydrogens is 441 g/mol. The fourth-order valence-corrected chi connectivity index (χ4v) is 4.92. The predicted octanol–water partition coefficient (Wildman–Crippen LogP) is 4.57.